The van der Waals surface area contributed by atoms with E-state index in [1.54, 1.807) is 0 Å². The van der Waals surface area contributed by atoms with Crippen molar-refractivity contribution in [2.24, 2.45) is 5.41 Å². The zero-order valence-electron chi connectivity index (χ0n) is 12.2. The summed E-state index contributed by atoms with van der Waals surface area (Å²) in [5.74, 6) is -2.39. The van der Waals surface area contributed by atoms with Gasteiger partial charge in [0.15, 0.2) is 5.41 Å². The van der Waals surface area contributed by atoms with Crippen LogP contribution in [0.25, 0.3) is 0 Å². The minimum atomic E-state index is -1.56. The van der Waals surface area contributed by atoms with Crippen molar-refractivity contribution in [2.45, 2.75) is 52.4 Å². The SMILES string of the molecule is CCCCC(CCCC)(C(=O)O)C(=O)O.[Ba+2].[H-].[H-]. The van der Waals surface area contributed by atoms with Crippen LogP contribution in [0.1, 0.15) is 55.2 Å². The molecule has 16 heavy (non-hydrogen) atoms. The van der Waals surface area contributed by atoms with Gasteiger partial charge < -0.3 is 13.1 Å². The Labute approximate surface area is 140 Å². The zero-order chi connectivity index (χ0) is 11.9. The second kappa shape index (κ2) is 9.53. The van der Waals surface area contributed by atoms with Gasteiger partial charge in [0.05, 0.1) is 0 Å². The maximum Gasteiger partial charge on any atom is 2.00 e. The summed E-state index contributed by atoms with van der Waals surface area (Å²) in [6, 6.07) is 0. The molecule has 0 saturated carbocycles. The van der Waals surface area contributed by atoms with Crippen LogP contribution in [-0.2, 0) is 9.59 Å². The Bertz CT molecular complexity index is 213. The van der Waals surface area contributed by atoms with E-state index in [0.717, 1.165) is 12.8 Å². The molecule has 0 spiro atoms. The molecule has 0 rings (SSSR count). The molecule has 2 N–H and O–H groups in total. The molecule has 0 unspecified atom stereocenters. The number of carboxylic acid groups (broad SMARTS) is 2. The molecule has 0 bridgehead atoms. The van der Waals surface area contributed by atoms with Gasteiger partial charge >= 0.3 is 60.8 Å². The number of aliphatic carboxylic acids is 2. The van der Waals surface area contributed by atoms with E-state index >= 15 is 0 Å². The van der Waals surface area contributed by atoms with Gasteiger partial charge in [-0.2, -0.15) is 0 Å². The van der Waals surface area contributed by atoms with Gasteiger partial charge in [0.25, 0.3) is 0 Å². The van der Waals surface area contributed by atoms with Crippen molar-refractivity contribution in [1.82, 2.24) is 0 Å². The fourth-order valence-electron chi connectivity index (χ4n) is 1.60. The molecule has 0 heterocycles. The van der Waals surface area contributed by atoms with Crippen LogP contribution in [0.2, 0.25) is 0 Å². The molecule has 5 heteroatoms. The summed E-state index contributed by atoms with van der Waals surface area (Å²) in [5, 5.41) is 18.1. The maximum atomic E-state index is 11.1. The van der Waals surface area contributed by atoms with Gasteiger partial charge in [0.1, 0.15) is 0 Å². The molecule has 0 aliphatic heterocycles. The molecule has 0 atom stereocenters. The van der Waals surface area contributed by atoms with Crippen LogP contribution < -0.4 is 0 Å². The van der Waals surface area contributed by atoms with Gasteiger partial charge in [-0.3, -0.25) is 9.59 Å². The molecular weight excluding hydrogens is 333 g/mol. The Morgan fingerprint density at radius 3 is 1.50 bits per heavy atom. The Kier molecular flexibility index (Phi) is 11.2. The number of rotatable bonds is 8. The van der Waals surface area contributed by atoms with Gasteiger partial charge in [0.2, 0.25) is 0 Å². The van der Waals surface area contributed by atoms with Crippen molar-refractivity contribution < 1.29 is 22.7 Å². The summed E-state index contributed by atoms with van der Waals surface area (Å²) < 4.78 is 0. The molecule has 0 aromatic carbocycles. The normalized spacial score (nSPS) is 10.6. The fourth-order valence-corrected chi connectivity index (χ4v) is 1.60. The van der Waals surface area contributed by atoms with Crippen LogP contribution in [0.4, 0.5) is 0 Å². The van der Waals surface area contributed by atoms with Gasteiger partial charge in [-0.1, -0.05) is 39.5 Å². The first kappa shape index (κ1) is 18.9. The molecule has 0 aromatic heterocycles. The molecule has 0 radical (unpaired) electrons. The monoisotopic (exact) mass is 356 g/mol. The molecule has 0 amide bonds. The van der Waals surface area contributed by atoms with Crippen LogP contribution in [0, 0.1) is 5.41 Å². The molecule has 0 fully saturated rings. The summed E-state index contributed by atoms with van der Waals surface area (Å²) in [4.78, 5) is 22.2. The van der Waals surface area contributed by atoms with E-state index in [0.29, 0.717) is 12.8 Å². The summed E-state index contributed by atoms with van der Waals surface area (Å²) in [6.07, 6.45) is 3.37. The molecule has 0 aromatic rings. The number of hydrogen-bond donors (Lipinski definition) is 2. The number of hydrogen-bond acceptors (Lipinski definition) is 2. The van der Waals surface area contributed by atoms with Crippen molar-refractivity contribution in [2.75, 3.05) is 0 Å². The van der Waals surface area contributed by atoms with Crippen molar-refractivity contribution in [3.05, 3.63) is 0 Å². The minimum Gasteiger partial charge on any atom is -1.00 e. The third kappa shape index (κ3) is 5.23. The average Bonchev–Trinajstić information content (AvgIpc) is 2.17. The van der Waals surface area contributed by atoms with Crippen LogP contribution in [0.5, 0.6) is 0 Å². The summed E-state index contributed by atoms with van der Waals surface area (Å²) in [5.41, 5.74) is -1.56. The number of carboxylic acids is 2. The third-order valence-electron chi connectivity index (χ3n) is 2.73. The van der Waals surface area contributed by atoms with Gasteiger partial charge in [-0.05, 0) is 12.8 Å². The third-order valence-corrected chi connectivity index (χ3v) is 2.73. The predicted molar refractivity (Wildman–Crippen MR) is 64.7 cm³/mol. The van der Waals surface area contributed by atoms with Crippen LogP contribution in [-0.4, -0.2) is 71.0 Å². The standard InChI is InChI=1S/C11H20O4.Ba.2H/c1-3-5-7-11(9(12)13,10(14)15)8-6-4-2;;;/h3-8H2,1-2H3,(H,12,13)(H,14,15);;;/q;+2;2*-1. The zero-order valence-corrected chi connectivity index (χ0v) is 14.6. The number of carbonyl (C=O) groups is 2. The average molecular weight is 356 g/mol. The molecule has 0 saturated heterocycles. The van der Waals surface area contributed by atoms with Crippen molar-refractivity contribution in [1.29, 1.82) is 0 Å². The Morgan fingerprint density at radius 1 is 1.00 bits per heavy atom. The van der Waals surface area contributed by atoms with E-state index in [1.807, 2.05) is 13.8 Å². The number of unbranched alkanes of at least 4 members (excludes halogenated alkanes) is 2. The van der Waals surface area contributed by atoms with E-state index < -0.39 is 17.4 Å². The first-order chi connectivity index (χ1) is 7.01. The van der Waals surface area contributed by atoms with E-state index in [-0.39, 0.29) is 64.6 Å². The van der Waals surface area contributed by atoms with Crippen LogP contribution in [0.3, 0.4) is 0 Å². The first-order valence-corrected chi connectivity index (χ1v) is 5.48. The fraction of sp³-hybridized carbons (Fsp3) is 0.818. The topological polar surface area (TPSA) is 74.6 Å². The smallest absolute Gasteiger partial charge is 1.00 e. The van der Waals surface area contributed by atoms with Crippen LogP contribution in [0.15, 0.2) is 0 Å². The van der Waals surface area contributed by atoms with E-state index in [2.05, 4.69) is 0 Å². The first-order valence-electron chi connectivity index (χ1n) is 5.48. The van der Waals surface area contributed by atoms with E-state index in [1.165, 1.54) is 0 Å². The maximum absolute atomic E-state index is 11.1. The van der Waals surface area contributed by atoms with E-state index in [9.17, 15) is 9.59 Å². The molecular formula is C11H22BaO4. The second-order valence-corrected chi connectivity index (χ2v) is 3.90. The van der Waals surface area contributed by atoms with Crippen molar-refractivity contribution >= 4 is 60.8 Å². The van der Waals surface area contributed by atoms with Crippen molar-refractivity contribution in [3.8, 4) is 0 Å². The van der Waals surface area contributed by atoms with Crippen molar-refractivity contribution in [3.63, 3.8) is 0 Å². The molecule has 0 aliphatic carbocycles. The minimum absolute atomic E-state index is 0. The molecule has 0 aliphatic rings. The Balaban J connectivity index is -0.000000327. The summed E-state index contributed by atoms with van der Waals surface area (Å²) in [7, 11) is 0. The summed E-state index contributed by atoms with van der Waals surface area (Å²) in [6.45, 7) is 3.85. The van der Waals surface area contributed by atoms with Crippen LogP contribution >= 0.6 is 0 Å². The quantitative estimate of drug-likeness (QED) is 0.518. The molecule has 4 nitrogen and oxygen atoms in total. The van der Waals surface area contributed by atoms with Gasteiger partial charge in [-0.15, -0.1) is 0 Å². The molecule has 92 valence electrons. The van der Waals surface area contributed by atoms with Gasteiger partial charge in [0, 0.05) is 0 Å². The Morgan fingerprint density at radius 2 is 1.31 bits per heavy atom. The van der Waals surface area contributed by atoms with E-state index in [4.69, 9.17) is 10.2 Å². The second-order valence-electron chi connectivity index (χ2n) is 3.90. The largest absolute Gasteiger partial charge is 2.00 e. The van der Waals surface area contributed by atoms with Gasteiger partial charge in [-0.25, -0.2) is 0 Å². The summed E-state index contributed by atoms with van der Waals surface area (Å²) >= 11 is 0. The predicted octanol–water partition coefficient (Wildman–Crippen LogP) is 2.37. The Hall–Kier alpha value is 0.511.